The van der Waals surface area contributed by atoms with Gasteiger partial charge in [0.2, 0.25) is 0 Å². The van der Waals surface area contributed by atoms with Crippen molar-refractivity contribution in [1.82, 2.24) is 5.32 Å². The summed E-state index contributed by atoms with van der Waals surface area (Å²) in [5.74, 6) is 0.818. The molecule has 1 aromatic rings. The second-order valence-electron chi connectivity index (χ2n) is 5.02. The number of methoxy groups -OCH3 is 1. The van der Waals surface area contributed by atoms with Crippen LogP contribution in [0.1, 0.15) is 24.9 Å². The van der Waals surface area contributed by atoms with Crippen LogP contribution in [-0.2, 0) is 4.74 Å². The van der Waals surface area contributed by atoms with Crippen molar-refractivity contribution in [3.05, 3.63) is 28.2 Å². The van der Waals surface area contributed by atoms with Crippen molar-refractivity contribution in [2.75, 3.05) is 26.9 Å². The SMILES string of the molecule is COc1ccc(C(C)NCC2(O)CCOC2)cc1Br. The highest BCUT2D eigenvalue weighted by atomic mass is 79.9. The zero-order chi connectivity index (χ0) is 13.9. The van der Waals surface area contributed by atoms with Gasteiger partial charge in [-0.3, -0.25) is 0 Å². The van der Waals surface area contributed by atoms with Gasteiger partial charge in [-0.2, -0.15) is 0 Å². The maximum atomic E-state index is 10.2. The van der Waals surface area contributed by atoms with Crippen molar-refractivity contribution >= 4 is 15.9 Å². The molecule has 0 saturated carbocycles. The molecule has 4 nitrogen and oxygen atoms in total. The van der Waals surface area contributed by atoms with Crippen LogP contribution in [0.15, 0.2) is 22.7 Å². The number of nitrogens with one attached hydrogen (secondary N) is 1. The number of hydrogen-bond acceptors (Lipinski definition) is 4. The molecule has 2 N–H and O–H groups in total. The van der Waals surface area contributed by atoms with Gasteiger partial charge in [-0.25, -0.2) is 0 Å². The van der Waals surface area contributed by atoms with E-state index in [9.17, 15) is 5.11 Å². The first kappa shape index (κ1) is 14.8. The molecule has 2 rings (SSSR count). The lowest BCUT2D eigenvalue weighted by Crippen LogP contribution is -2.41. The molecule has 2 atom stereocenters. The van der Waals surface area contributed by atoms with Gasteiger partial charge in [0, 0.05) is 25.6 Å². The van der Waals surface area contributed by atoms with Gasteiger partial charge in [0.25, 0.3) is 0 Å². The highest BCUT2D eigenvalue weighted by Crippen LogP contribution is 2.28. The van der Waals surface area contributed by atoms with Gasteiger partial charge in [-0.15, -0.1) is 0 Å². The minimum absolute atomic E-state index is 0.159. The third-order valence-corrected chi connectivity index (χ3v) is 4.12. The predicted molar refractivity (Wildman–Crippen MR) is 77.5 cm³/mol. The predicted octanol–water partition coefficient (Wildman–Crippen LogP) is 2.26. The van der Waals surface area contributed by atoms with Gasteiger partial charge >= 0.3 is 0 Å². The lowest BCUT2D eigenvalue weighted by Gasteiger charge is -2.24. The summed E-state index contributed by atoms with van der Waals surface area (Å²) in [5, 5.41) is 13.6. The third kappa shape index (κ3) is 3.69. The number of aliphatic hydroxyl groups is 1. The van der Waals surface area contributed by atoms with E-state index in [1.807, 2.05) is 18.2 Å². The summed E-state index contributed by atoms with van der Waals surface area (Å²) in [5.41, 5.74) is 0.424. The summed E-state index contributed by atoms with van der Waals surface area (Å²) in [6.07, 6.45) is 0.693. The van der Waals surface area contributed by atoms with E-state index in [4.69, 9.17) is 9.47 Å². The van der Waals surface area contributed by atoms with E-state index >= 15 is 0 Å². The van der Waals surface area contributed by atoms with E-state index in [0.29, 0.717) is 26.2 Å². The molecule has 0 amide bonds. The van der Waals surface area contributed by atoms with Crippen LogP contribution in [0.25, 0.3) is 0 Å². The van der Waals surface area contributed by atoms with Crippen LogP contribution in [-0.4, -0.2) is 37.6 Å². The van der Waals surface area contributed by atoms with Crippen LogP contribution in [0.4, 0.5) is 0 Å². The molecule has 0 radical (unpaired) electrons. The van der Waals surface area contributed by atoms with Crippen molar-refractivity contribution in [3.8, 4) is 5.75 Å². The van der Waals surface area contributed by atoms with E-state index in [1.54, 1.807) is 7.11 Å². The molecular formula is C14H20BrNO3. The van der Waals surface area contributed by atoms with Crippen LogP contribution >= 0.6 is 15.9 Å². The summed E-state index contributed by atoms with van der Waals surface area (Å²) in [6.45, 7) is 3.67. The molecule has 1 aromatic carbocycles. The Hall–Kier alpha value is -0.620. The molecular weight excluding hydrogens is 310 g/mol. The summed E-state index contributed by atoms with van der Waals surface area (Å²) in [7, 11) is 1.65. The van der Waals surface area contributed by atoms with Gasteiger partial charge in [-0.1, -0.05) is 6.07 Å². The minimum Gasteiger partial charge on any atom is -0.496 e. The number of hydrogen-bond donors (Lipinski definition) is 2. The monoisotopic (exact) mass is 329 g/mol. The molecule has 1 fully saturated rings. The standard InChI is InChI=1S/C14H20BrNO3/c1-10(16-8-14(17)5-6-19-9-14)11-3-4-13(18-2)12(15)7-11/h3-4,7,10,16-17H,5-6,8-9H2,1-2H3. The number of rotatable bonds is 5. The molecule has 5 heteroatoms. The van der Waals surface area contributed by atoms with E-state index < -0.39 is 5.60 Å². The summed E-state index contributed by atoms with van der Waals surface area (Å²) < 4.78 is 11.4. The molecule has 0 bridgehead atoms. The zero-order valence-corrected chi connectivity index (χ0v) is 12.9. The summed E-state index contributed by atoms with van der Waals surface area (Å²) >= 11 is 3.48. The second-order valence-corrected chi connectivity index (χ2v) is 5.88. The van der Waals surface area contributed by atoms with Crippen molar-refractivity contribution in [1.29, 1.82) is 0 Å². The van der Waals surface area contributed by atoms with Gasteiger partial charge < -0.3 is 19.9 Å². The molecule has 1 saturated heterocycles. The summed E-state index contributed by atoms with van der Waals surface area (Å²) in [4.78, 5) is 0. The van der Waals surface area contributed by atoms with Gasteiger partial charge in [-0.05, 0) is 40.5 Å². The van der Waals surface area contributed by atoms with Gasteiger partial charge in [0.1, 0.15) is 11.4 Å². The first-order valence-electron chi connectivity index (χ1n) is 6.41. The van der Waals surface area contributed by atoms with Gasteiger partial charge in [0.15, 0.2) is 0 Å². The molecule has 0 aliphatic carbocycles. The fraction of sp³-hybridized carbons (Fsp3) is 0.571. The second kappa shape index (κ2) is 6.22. The molecule has 1 aliphatic heterocycles. The first-order chi connectivity index (χ1) is 9.04. The Bertz CT molecular complexity index is 433. The van der Waals surface area contributed by atoms with Crippen LogP contribution < -0.4 is 10.1 Å². The maximum Gasteiger partial charge on any atom is 0.133 e. The molecule has 2 unspecified atom stereocenters. The largest absolute Gasteiger partial charge is 0.496 e. The molecule has 1 heterocycles. The highest BCUT2D eigenvalue weighted by molar-refractivity contribution is 9.10. The topological polar surface area (TPSA) is 50.7 Å². The molecule has 19 heavy (non-hydrogen) atoms. The molecule has 1 aliphatic rings. The highest BCUT2D eigenvalue weighted by Gasteiger charge is 2.32. The quantitative estimate of drug-likeness (QED) is 0.870. The first-order valence-corrected chi connectivity index (χ1v) is 7.20. The lowest BCUT2D eigenvalue weighted by molar-refractivity contribution is 0.0252. The van der Waals surface area contributed by atoms with Crippen LogP contribution in [0.3, 0.4) is 0 Å². The molecule has 0 aromatic heterocycles. The fourth-order valence-electron chi connectivity index (χ4n) is 2.15. The van der Waals surface area contributed by atoms with E-state index in [-0.39, 0.29) is 6.04 Å². The van der Waals surface area contributed by atoms with E-state index in [0.717, 1.165) is 15.8 Å². The fourth-order valence-corrected chi connectivity index (χ4v) is 2.71. The average Bonchev–Trinajstić information content (AvgIpc) is 2.83. The van der Waals surface area contributed by atoms with Crippen molar-refractivity contribution in [2.24, 2.45) is 0 Å². The van der Waals surface area contributed by atoms with Crippen molar-refractivity contribution < 1.29 is 14.6 Å². The third-order valence-electron chi connectivity index (χ3n) is 3.50. The molecule has 106 valence electrons. The zero-order valence-electron chi connectivity index (χ0n) is 11.3. The normalized spacial score (nSPS) is 24.4. The van der Waals surface area contributed by atoms with E-state index in [1.165, 1.54) is 0 Å². The molecule has 0 spiro atoms. The minimum atomic E-state index is -0.724. The number of benzene rings is 1. The Morgan fingerprint density at radius 1 is 1.58 bits per heavy atom. The van der Waals surface area contributed by atoms with Crippen molar-refractivity contribution in [2.45, 2.75) is 25.0 Å². The summed E-state index contributed by atoms with van der Waals surface area (Å²) in [6, 6.07) is 6.15. The number of ether oxygens (including phenoxy) is 2. The Morgan fingerprint density at radius 3 is 2.95 bits per heavy atom. The Morgan fingerprint density at radius 2 is 2.37 bits per heavy atom. The van der Waals surface area contributed by atoms with Crippen LogP contribution in [0, 0.1) is 0 Å². The Labute approximate surface area is 122 Å². The van der Waals surface area contributed by atoms with Gasteiger partial charge in [0.05, 0.1) is 18.2 Å². The number of halogens is 1. The van der Waals surface area contributed by atoms with Crippen LogP contribution in [0.2, 0.25) is 0 Å². The van der Waals surface area contributed by atoms with E-state index in [2.05, 4.69) is 28.2 Å². The smallest absolute Gasteiger partial charge is 0.133 e. The van der Waals surface area contributed by atoms with Crippen LogP contribution in [0.5, 0.6) is 5.75 Å². The average molecular weight is 330 g/mol. The Kier molecular flexibility index (Phi) is 4.84. The maximum absolute atomic E-state index is 10.2. The van der Waals surface area contributed by atoms with Crippen molar-refractivity contribution in [3.63, 3.8) is 0 Å². The lowest BCUT2D eigenvalue weighted by atomic mass is 10.0. The Balaban J connectivity index is 1.95.